The second-order valence-electron chi connectivity index (χ2n) is 7.49. The molecule has 0 saturated carbocycles. The van der Waals surface area contributed by atoms with E-state index < -0.39 is 0 Å². The quantitative estimate of drug-likeness (QED) is 0.448. The Balaban J connectivity index is 1.55. The molecule has 2 aromatic heterocycles. The summed E-state index contributed by atoms with van der Waals surface area (Å²) in [6, 6.07) is 15.2. The molecule has 0 amide bonds. The molecule has 0 unspecified atom stereocenters. The van der Waals surface area contributed by atoms with Crippen molar-refractivity contribution in [3.05, 3.63) is 77.6 Å². The first-order valence-corrected chi connectivity index (χ1v) is 10.3. The lowest BCUT2D eigenvalue weighted by molar-refractivity contribution is 0.0600. The van der Waals surface area contributed by atoms with Gasteiger partial charge in [0, 0.05) is 28.5 Å². The van der Waals surface area contributed by atoms with Crippen molar-refractivity contribution in [1.29, 1.82) is 0 Å². The van der Waals surface area contributed by atoms with E-state index in [-0.39, 0.29) is 12.7 Å². The molecule has 0 radical (unpaired) electrons. The number of aliphatic hydroxyl groups excluding tert-OH is 1. The number of aliphatic hydroxyl groups is 1. The van der Waals surface area contributed by atoms with Gasteiger partial charge < -0.3 is 19.6 Å². The average Bonchev–Trinajstić information content (AvgIpc) is 3.40. The number of fused-ring (bicyclic) bond motifs is 2. The van der Waals surface area contributed by atoms with E-state index in [0.717, 1.165) is 46.4 Å². The summed E-state index contributed by atoms with van der Waals surface area (Å²) in [6.07, 6.45) is 5.14. The van der Waals surface area contributed by atoms with Crippen molar-refractivity contribution in [3.63, 3.8) is 0 Å². The molecule has 0 saturated heterocycles. The zero-order chi connectivity index (χ0) is 22.1. The molecule has 1 aliphatic rings. The topological polar surface area (TPSA) is 97.0 Å². The van der Waals surface area contributed by atoms with E-state index >= 15 is 0 Å². The first-order valence-electron chi connectivity index (χ1n) is 10.3. The lowest BCUT2D eigenvalue weighted by Crippen LogP contribution is -2.00. The number of rotatable bonds is 5. The Morgan fingerprint density at radius 3 is 2.81 bits per heavy atom. The van der Waals surface area contributed by atoms with Crippen LogP contribution < -0.4 is 5.32 Å². The van der Waals surface area contributed by atoms with E-state index in [1.165, 1.54) is 12.7 Å². The second kappa shape index (κ2) is 8.28. The fourth-order valence-electron chi connectivity index (χ4n) is 4.10. The number of hydrogen-bond donors (Lipinski definition) is 2. The first kappa shape index (κ1) is 20.0. The van der Waals surface area contributed by atoms with Gasteiger partial charge in [0.05, 0.1) is 24.6 Å². The predicted molar refractivity (Wildman–Crippen MR) is 122 cm³/mol. The number of methoxy groups -OCH3 is 1. The molecule has 0 atom stereocenters. The predicted octanol–water partition coefficient (Wildman–Crippen LogP) is 4.71. The molecule has 160 valence electrons. The van der Waals surface area contributed by atoms with Gasteiger partial charge in [-0.2, -0.15) is 0 Å². The van der Waals surface area contributed by atoms with Crippen molar-refractivity contribution in [2.45, 2.75) is 12.8 Å². The smallest absolute Gasteiger partial charge is 0.337 e. The Morgan fingerprint density at radius 2 is 2.03 bits per heavy atom. The standard InChI is InChI=1S/C25H21N3O4/c1-31-25(30)16-4-2-15(3-5-16)24-23(20-10-11-26-13-22(20)32-24)28-18-7-8-19-17(12-18)6-9-21(19)27-14-29/h2-5,7-8,10-13,28-29H,6,9,14H2,1H3. The summed E-state index contributed by atoms with van der Waals surface area (Å²) in [5.41, 5.74) is 6.96. The monoisotopic (exact) mass is 427 g/mol. The van der Waals surface area contributed by atoms with Crippen LogP contribution in [-0.4, -0.2) is 35.6 Å². The van der Waals surface area contributed by atoms with E-state index in [0.29, 0.717) is 16.9 Å². The molecule has 2 heterocycles. The molecule has 2 aromatic carbocycles. The van der Waals surface area contributed by atoms with Crippen molar-refractivity contribution in [3.8, 4) is 11.3 Å². The minimum Gasteiger partial charge on any atom is -0.465 e. The zero-order valence-electron chi connectivity index (χ0n) is 17.5. The molecule has 0 bridgehead atoms. The number of benzene rings is 2. The van der Waals surface area contributed by atoms with Crippen LogP contribution in [0, 0.1) is 0 Å². The summed E-state index contributed by atoms with van der Waals surface area (Å²) < 4.78 is 10.9. The lowest BCUT2D eigenvalue weighted by Gasteiger charge is -2.10. The van der Waals surface area contributed by atoms with Crippen LogP contribution in [0.4, 0.5) is 11.4 Å². The second-order valence-corrected chi connectivity index (χ2v) is 7.49. The summed E-state index contributed by atoms with van der Waals surface area (Å²) in [5, 5.41) is 13.6. The Bertz CT molecular complexity index is 1340. The van der Waals surface area contributed by atoms with Crippen LogP contribution in [0.5, 0.6) is 0 Å². The normalized spacial score (nSPS) is 14.0. The van der Waals surface area contributed by atoms with E-state index in [4.69, 9.17) is 14.3 Å². The fraction of sp³-hybridized carbons (Fsp3) is 0.160. The van der Waals surface area contributed by atoms with Crippen molar-refractivity contribution in [2.24, 2.45) is 4.99 Å². The highest BCUT2D eigenvalue weighted by molar-refractivity contribution is 6.05. The number of aryl methyl sites for hydroxylation is 1. The van der Waals surface area contributed by atoms with E-state index in [1.807, 2.05) is 30.3 Å². The highest BCUT2D eigenvalue weighted by atomic mass is 16.5. The van der Waals surface area contributed by atoms with Gasteiger partial charge in [0.1, 0.15) is 6.73 Å². The summed E-state index contributed by atoms with van der Waals surface area (Å²) in [4.78, 5) is 20.1. The molecule has 7 nitrogen and oxygen atoms in total. The third-order valence-corrected chi connectivity index (χ3v) is 5.64. The molecular weight excluding hydrogens is 406 g/mol. The van der Waals surface area contributed by atoms with Gasteiger partial charge in [0.25, 0.3) is 0 Å². The zero-order valence-corrected chi connectivity index (χ0v) is 17.5. The van der Waals surface area contributed by atoms with Crippen LogP contribution in [0.15, 0.2) is 70.3 Å². The largest absolute Gasteiger partial charge is 0.465 e. The van der Waals surface area contributed by atoms with Crippen molar-refractivity contribution in [1.82, 2.24) is 4.98 Å². The number of aromatic nitrogens is 1. The van der Waals surface area contributed by atoms with Crippen LogP contribution in [0.3, 0.4) is 0 Å². The van der Waals surface area contributed by atoms with Gasteiger partial charge in [-0.25, -0.2) is 4.79 Å². The fourth-order valence-corrected chi connectivity index (χ4v) is 4.10. The van der Waals surface area contributed by atoms with E-state index in [9.17, 15) is 4.79 Å². The number of carbonyl (C=O) groups excluding carboxylic acids is 1. The number of furan rings is 1. The Morgan fingerprint density at radius 1 is 1.19 bits per heavy atom. The maximum absolute atomic E-state index is 11.8. The summed E-state index contributed by atoms with van der Waals surface area (Å²) in [7, 11) is 1.36. The van der Waals surface area contributed by atoms with Gasteiger partial charge >= 0.3 is 5.97 Å². The molecule has 0 spiro atoms. The molecule has 5 rings (SSSR count). The van der Waals surface area contributed by atoms with E-state index in [1.54, 1.807) is 24.5 Å². The Hall–Kier alpha value is -3.97. The van der Waals surface area contributed by atoms with Crippen LogP contribution in [-0.2, 0) is 11.2 Å². The highest BCUT2D eigenvalue weighted by Gasteiger charge is 2.20. The Labute approximate surface area is 184 Å². The summed E-state index contributed by atoms with van der Waals surface area (Å²) >= 11 is 0. The van der Waals surface area contributed by atoms with Crippen molar-refractivity contribution < 1.29 is 19.1 Å². The number of hydrogen-bond acceptors (Lipinski definition) is 7. The number of carbonyl (C=O) groups is 1. The maximum atomic E-state index is 11.8. The number of pyridine rings is 1. The van der Waals surface area contributed by atoms with Crippen molar-refractivity contribution in [2.75, 3.05) is 19.2 Å². The minimum atomic E-state index is -0.383. The SMILES string of the molecule is COC(=O)c1ccc(-c2oc3cnccc3c2Nc2ccc3c(c2)CCC3=NCO)cc1. The lowest BCUT2D eigenvalue weighted by atomic mass is 10.1. The van der Waals surface area contributed by atoms with Crippen LogP contribution in [0.1, 0.15) is 27.9 Å². The molecule has 32 heavy (non-hydrogen) atoms. The molecule has 0 fully saturated rings. The molecule has 7 heteroatoms. The molecule has 1 aliphatic carbocycles. The maximum Gasteiger partial charge on any atom is 0.337 e. The van der Waals surface area contributed by atoms with Gasteiger partial charge in [0.2, 0.25) is 0 Å². The summed E-state index contributed by atoms with van der Waals surface area (Å²) in [6.45, 7) is -0.193. The highest BCUT2D eigenvalue weighted by Crippen LogP contribution is 2.40. The third kappa shape index (κ3) is 3.52. The van der Waals surface area contributed by atoms with Crippen LogP contribution in [0.25, 0.3) is 22.3 Å². The number of nitrogens with one attached hydrogen (secondary N) is 1. The first-order chi connectivity index (χ1) is 15.7. The molecule has 0 aliphatic heterocycles. The van der Waals surface area contributed by atoms with E-state index in [2.05, 4.69) is 21.4 Å². The van der Waals surface area contributed by atoms with Gasteiger partial charge in [0.15, 0.2) is 11.3 Å². The minimum absolute atomic E-state index is 0.193. The number of esters is 1. The average molecular weight is 427 g/mol. The van der Waals surface area contributed by atoms with Gasteiger partial charge in [-0.15, -0.1) is 0 Å². The van der Waals surface area contributed by atoms with Crippen LogP contribution >= 0.6 is 0 Å². The third-order valence-electron chi connectivity index (χ3n) is 5.64. The number of ether oxygens (including phenoxy) is 1. The Kier molecular flexibility index (Phi) is 5.17. The molecular formula is C25H21N3O4. The van der Waals surface area contributed by atoms with Gasteiger partial charge in [-0.1, -0.05) is 18.2 Å². The number of aliphatic imine (C=N–C) groups is 1. The number of anilines is 2. The molecule has 4 aromatic rings. The molecule has 2 N–H and O–H groups in total. The van der Waals surface area contributed by atoms with Gasteiger partial charge in [-0.3, -0.25) is 9.98 Å². The number of nitrogens with zero attached hydrogens (tertiary/aromatic N) is 2. The van der Waals surface area contributed by atoms with Gasteiger partial charge in [-0.05, 0) is 54.3 Å². The van der Waals surface area contributed by atoms with Crippen LogP contribution in [0.2, 0.25) is 0 Å². The van der Waals surface area contributed by atoms with Crippen molar-refractivity contribution >= 4 is 34.0 Å². The summed E-state index contributed by atoms with van der Waals surface area (Å²) in [5.74, 6) is 0.276.